The minimum absolute atomic E-state index is 0.282. The largest absolute Gasteiger partial charge is 0.296 e. The van der Waals surface area contributed by atoms with E-state index in [-0.39, 0.29) is 5.82 Å². The van der Waals surface area contributed by atoms with Crippen LogP contribution in [0, 0.1) is 24.1 Å². The van der Waals surface area contributed by atoms with Gasteiger partial charge in [-0.25, -0.2) is 4.39 Å². The van der Waals surface area contributed by atoms with E-state index in [0.29, 0.717) is 22.7 Å². The summed E-state index contributed by atoms with van der Waals surface area (Å²) in [6.07, 6.45) is 0. The molecule has 0 spiro atoms. The minimum atomic E-state index is -0.648. The van der Waals surface area contributed by atoms with Gasteiger partial charge in [-0.05, 0) is 44.0 Å². The van der Waals surface area contributed by atoms with Crippen molar-refractivity contribution in [2.75, 3.05) is 0 Å². The van der Waals surface area contributed by atoms with Crippen LogP contribution < -0.4 is 5.32 Å². The molecular weight excluding hydrogens is 227 g/mol. The maximum absolute atomic E-state index is 13.3. The molecule has 4 heteroatoms. The third-order valence-electron chi connectivity index (χ3n) is 2.33. The highest BCUT2D eigenvalue weighted by Crippen LogP contribution is 2.20. The monoisotopic (exact) mass is 240 g/mol. The van der Waals surface area contributed by atoms with E-state index in [1.165, 1.54) is 6.07 Å². The fourth-order valence-electron chi connectivity index (χ4n) is 1.18. The predicted octanol–water partition coefficient (Wildman–Crippen LogP) is 3.18. The van der Waals surface area contributed by atoms with E-state index in [2.05, 4.69) is 11.4 Å². The van der Waals surface area contributed by atoms with E-state index in [4.69, 9.17) is 16.9 Å². The van der Waals surface area contributed by atoms with Crippen molar-refractivity contribution in [2.24, 2.45) is 0 Å². The van der Waals surface area contributed by atoms with Crippen molar-refractivity contribution < 1.29 is 4.39 Å². The second-order valence-electron chi connectivity index (χ2n) is 4.28. The Bertz CT molecular complexity index is 435. The van der Waals surface area contributed by atoms with Crippen LogP contribution in [-0.4, -0.2) is 5.54 Å². The molecule has 0 saturated carbocycles. The molecule has 0 atom stereocenters. The number of rotatable bonds is 3. The molecule has 0 heterocycles. The average Bonchev–Trinajstić information content (AvgIpc) is 2.22. The van der Waals surface area contributed by atoms with Crippen molar-refractivity contribution in [1.29, 1.82) is 5.26 Å². The Morgan fingerprint density at radius 1 is 1.50 bits per heavy atom. The molecule has 1 aromatic rings. The zero-order valence-corrected chi connectivity index (χ0v) is 10.3. The van der Waals surface area contributed by atoms with Gasteiger partial charge < -0.3 is 0 Å². The predicted molar refractivity (Wildman–Crippen MR) is 62.7 cm³/mol. The molecule has 0 aliphatic heterocycles. The molecule has 0 unspecified atom stereocenters. The summed E-state index contributed by atoms with van der Waals surface area (Å²) in [7, 11) is 0. The summed E-state index contributed by atoms with van der Waals surface area (Å²) in [5.74, 6) is -0.282. The quantitative estimate of drug-likeness (QED) is 0.881. The lowest BCUT2D eigenvalue weighted by atomic mass is 10.1. The Balaban J connectivity index is 2.84. The van der Waals surface area contributed by atoms with Crippen LogP contribution in [0.1, 0.15) is 25.0 Å². The third-order valence-corrected chi connectivity index (χ3v) is 2.68. The van der Waals surface area contributed by atoms with Crippen LogP contribution in [0.25, 0.3) is 0 Å². The lowest BCUT2D eigenvalue weighted by Crippen LogP contribution is -2.37. The van der Waals surface area contributed by atoms with Crippen molar-refractivity contribution in [3.05, 3.63) is 34.1 Å². The number of nitriles is 1. The third kappa shape index (κ3) is 3.19. The Morgan fingerprint density at radius 2 is 2.12 bits per heavy atom. The minimum Gasteiger partial charge on any atom is -0.296 e. The summed E-state index contributed by atoms with van der Waals surface area (Å²) < 4.78 is 13.3. The molecule has 86 valence electrons. The summed E-state index contributed by atoms with van der Waals surface area (Å²) in [6.45, 7) is 5.55. The molecule has 1 aromatic carbocycles. The van der Waals surface area contributed by atoms with Gasteiger partial charge in [0.15, 0.2) is 0 Å². The smallest absolute Gasteiger partial charge is 0.126 e. The topological polar surface area (TPSA) is 35.8 Å². The number of nitrogens with zero attached hydrogens (tertiary/aromatic N) is 1. The first kappa shape index (κ1) is 13.0. The summed E-state index contributed by atoms with van der Waals surface area (Å²) >= 11 is 5.98. The van der Waals surface area contributed by atoms with Gasteiger partial charge in [-0.2, -0.15) is 5.26 Å². The van der Waals surface area contributed by atoms with Gasteiger partial charge in [0, 0.05) is 11.6 Å². The Hall–Kier alpha value is -1.11. The van der Waals surface area contributed by atoms with Crippen molar-refractivity contribution in [3.63, 3.8) is 0 Å². The van der Waals surface area contributed by atoms with Gasteiger partial charge in [0.25, 0.3) is 0 Å². The number of hydrogen-bond donors (Lipinski definition) is 1. The highest BCUT2D eigenvalue weighted by atomic mass is 35.5. The van der Waals surface area contributed by atoms with Gasteiger partial charge in [0.05, 0.1) is 6.07 Å². The van der Waals surface area contributed by atoms with Crippen LogP contribution >= 0.6 is 11.6 Å². The number of nitrogens with one attached hydrogen (secondary N) is 1. The number of aryl methyl sites for hydroxylation is 1. The van der Waals surface area contributed by atoms with E-state index in [0.717, 1.165) is 0 Å². The first-order chi connectivity index (χ1) is 7.35. The number of halogens is 2. The van der Waals surface area contributed by atoms with Gasteiger partial charge in [-0.3, -0.25) is 5.32 Å². The molecule has 0 aliphatic carbocycles. The second-order valence-corrected chi connectivity index (χ2v) is 4.69. The fraction of sp³-hybridized carbons (Fsp3) is 0.417. The van der Waals surface area contributed by atoms with Crippen LogP contribution in [-0.2, 0) is 6.54 Å². The van der Waals surface area contributed by atoms with E-state index in [9.17, 15) is 4.39 Å². The van der Waals surface area contributed by atoms with Crippen molar-refractivity contribution in [2.45, 2.75) is 32.9 Å². The Morgan fingerprint density at radius 3 is 2.69 bits per heavy atom. The van der Waals surface area contributed by atoms with E-state index in [1.807, 2.05) is 0 Å². The molecule has 0 fully saturated rings. The maximum Gasteiger partial charge on any atom is 0.126 e. The van der Waals surface area contributed by atoms with Gasteiger partial charge in [0.1, 0.15) is 11.4 Å². The van der Waals surface area contributed by atoms with Crippen LogP contribution in [0.4, 0.5) is 4.39 Å². The maximum atomic E-state index is 13.3. The summed E-state index contributed by atoms with van der Waals surface area (Å²) in [5.41, 5.74) is 0.534. The highest BCUT2D eigenvalue weighted by Gasteiger charge is 2.16. The first-order valence-electron chi connectivity index (χ1n) is 4.96. The van der Waals surface area contributed by atoms with Crippen molar-refractivity contribution in [1.82, 2.24) is 5.32 Å². The zero-order valence-electron chi connectivity index (χ0n) is 9.56. The van der Waals surface area contributed by atoms with Crippen molar-refractivity contribution >= 4 is 11.6 Å². The zero-order chi connectivity index (χ0) is 12.3. The summed E-state index contributed by atoms with van der Waals surface area (Å²) in [5, 5.41) is 12.3. The lowest BCUT2D eigenvalue weighted by molar-refractivity contribution is 0.484. The normalized spacial score (nSPS) is 11.2. The number of hydrogen-bond acceptors (Lipinski definition) is 2. The number of benzene rings is 1. The van der Waals surface area contributed by atoms with Gasteiger partial charge >= 0.3 is 0 Å². The van der Waals surface area contributed by atoms with Gasteiger partial charge in [-0.15, -0.1) is 0 Å². The van der Waals surface area contributed by atoms with Gasteiger partial charge in [0.2, 0.25) is 0 Å². The lowest BCUT2D eigenvalue weighted by Gasteiger charge is -2.18. The molecule has 0 bridgehead atoms. The van der Waals surface area contributed by atoms with E-state index < -0.39 is 5.54 Å². The van der Waals surface area contributed by atoms with Crippen LogP contribution in [0.15, 0.2) is 12.1 Å². The summed E-state index contributed by atoms with van der Waals surface area (Å²) in [6, 6.07) is 5.10. The SMILES string of the molecule is Cc1cc(Cl)c(CNC(C)(C)C#N)cc1F. The summed E-state index contributed by atoms with van der Waals surface area (Å²) in [4.78, 5) is 0. The molecule has 1 N–H and O–H groups in total. The highest BCUT2D eigenvalue weighted by molar-refractivity contribution is 6.31. The molecule has 0 amide bonds. The van der Waals surface area contributed by atoms with Crippen LogP contribution in [0.5, 0.6) is 0 Å². The molecule has 1 rings (SSSR count). The fourth-order valence-corrected chi connectivity index (χ4v) is 1.46. The molecule has 0 saturated heterocycles. The van der Waals surface area contributed by atoms with Gasteiger partial charge in [-0.1, -0.05) is 11.6 Å². The van der Waals surface area contributed by atoms with Crippen LogP contribution in [0.2, 0.25) is 5.02 Å². The van der Waals surface area contributed by atoms with E-state index in [1.54, 1.807) is 26.8 Å². The molecule has 0 aromatic heterocycles. The molecule has 0 radical (unpaired) electrons. The Labute approximate surface area is 100 Å². The molecule has 0 aliphatic rings. The van der Waals surface area contributed by atoms with Crippen molar-refractivity contribution in [3.8, 4) is 6.07 Å². The van der Waals surface area contributed by atoms with Crippen LogP contribution in [0.3, 0.4) is 0 Å². The Kier molecular flexibility index (Phi) is 3.90. The standard InChI is InChI=1S/C12H14ClFN2/c1-8-4-10(13)9(5-11(8)14)6-16-12(2,3)7-15/h4-5,16H,6H2,1-3H3. The molecular formula is C12H14ClFN2. The average molecular weight is 241 g/mol. The molecule has 2 nitrogen and oxygen atoms in total. The van der Waals surface area contributed by atoms with E-state index >= 15 is 0 Å². The second kappa shape index (κ2) is 4.82. The molecule has 16 heavy (non-hydrogen) atoms. The first-order valence-corrected chi connectivity index (χ1v) is 5.34.